The van der Waals surface area contributed by atoms with Gasteiger partial charge in [-0.25, -0.2) is 4.79 Å². The maximum atomic E-state index is 13.3. The van der Waals surface area contributed by atoms with Crippen LogP contribution in [0.5, 0.6) is 0 Å². The van der Waals surface area contributed by atoms with E-state index >= 15 is 0 Å². The van der Waals surface area contributed by atoms with Crippen molar-refractivity contribution in [2.24, 2.45) is 0 Å². The van der Waals surface area contributed by atoms with Crippen LogP contribution in [-0.4, -0.2) is 68.9 Å². The number of rotatable bonds is 6. The van der Waals surface area contributed by atoms with Crippen LogP contribution in [0.4, 0.5) is 4.79 Å². The fraction of sp³-hybridized carbons (Fsp3) is 0.344. The number of aliphatic hydroxyl groups is 1. The van der Waals surface area contributed by atoms with Crippen LogP contribution in [0.3, 0.4) is 0 Å². The number of alkyl carbamates (subject to hydrolysis) is 1. The number of hydrogen-bond donors (Lipinski definition) is 3. The van der Waals surface area contributed by atoms with Crippen LogP contribution in [0.25, 0.3) is 43.6 Å². The van der Waals surface area contributed by atoms with Gasteiger partial charge in [0.25, 0.3) is 5.91 Å². The van der Waals surface area contributed by atoms with E-state index in [1.807, 2.05) is 47.4 Å². The van der Waals surface area contributed by atoms with E-state index in [0.717, 1.165) is 62.1 Å². The standard InChI is InChI=1S/C32H31N5O5/c38-24-11-5-13-35(24)14-6-12-33-31(40)42-18-32(41)16-36-22-9-3-1-7-19(22)25-21-15-34-30(39)27(21)26-20-8-2-4-10-23(20)37(17-32)29(26)28(25)36/h1-4,7-10,41H,5-6,11-18H2,(H,33,40)(H,34,39). The summed E-state index contributed by atoms with van der Waals surface area (Å²) < 4.78 is 9.85. The van der Waals surface area contributed by atoms with Crippen LogP contribution in [0.2, 0.25) is 0 Å². The molecule has 3 amide bonds. The Morgan fingerprint density at radius 2 is 1.64 bits per heavy atom. The number of carbonyl (C=O) groups is 3. The van der Waals surface area contributed by atoms with Gasteiger partial charge in [-0.1, -0.05) is 36.4 Å². The van der Waals surface area contributed by atoms with Crippen molar-refractivity contribution in [2.45, 2.75) is 44.5 Å². The average Bonchev–Trinajstić information content (AvgIpc) is 3.72. The Bertz CT molecular complexity index is 1970. The van der Waals surface area contributed by atoms with Crippen molar-refractivity contribution in [3.8, 4) is 0 Å². The lowest BCUT2D eigenvalue weighted by Crippen LogP contribution is -2.44. The van der Waals surface area contributed by atoms with E-state index in [4.69, 9.17) is 4.74 Å². The molecule has 2 aromatic heterocycles. The maximum absolute atomic E-state index is 13.3. The molecule has 3 aromatic carbocycles. The molecule has 1 unspecified atom stereocenters. The third-order valence-electron chi connectivity index (χ3n) is 9.09. The van der Waals surface area contributed by atoms with Gasteiger partial charge in [-0.05, 0) is 30.5 Å². The number of fused-ring (bicyclic) bond motifs is 9. The lowest BCUT2D eigenvalue weighted by molar-refractivity contribution is -0.127. The molecular weight excluding hydrogens is 534 g/mol. The minimum atomic E-state index is -1.42. The minimum Gasteiger partial charge on any atom is -0.446 e. The third-order valence-corrected chi connectivity index (χ3v) is 9.09. The molecule has 8 rings (SSSR count). The zero-order valence-corrected chi connectivity index (χ0v) is 23.1. The van der Waals surface area contributed by atoms with Gasteiger partial charge in [0.05, 0.1) is 29.7 Å². The summed E-state index contributed by atoms with van der Waals surface area (Å²) in [4.78, 5) is 39.6. The largest absolute Gasteiger partial charge is 0.446 e. The van der Waals surface area contributed by atoms with E-state index in [2.05, 4.69) is 25.8 Å². The maximum Gasteiger partial charge on any atom is 0.407 e. The topological polar surface area (TPSA) is 118 Å². The second-order valence-electron chi connectivity index (χ2n) is 11.8. The molecule has 1 atom stereocenters. The second-order valence-corrected chi connectivity index (χ2v) is 11.8. The number of nitrogens with one attached hydrogen (secondary N) is 2. The molecule has 0 spiro atoms. The van der Waals surface area contributed by atoms with Crippen LogP contribution in [0, 0.1) is 0 Å². The fourth-order valence-electron chi connectivity index (χ4n) is 7.33. The molecule has 0 saturated carbocycles. The zero-order chi connectivity index (χ0) is 28.6. The normalized spacial score (nSPS) is 19.8. The summed E-state index contributed by atoms with van der Waals surface area (Å²) in [7, 11) is 0. The first-order valence-corrected chi connectivity index (χ1v) is 14.6. The summed E-state index contributed by atoms with van der Waals surface area (Å²) in [6.45, 7) is 2.41. The summed E-state index contributed by atoms with van der Waals surface area (Å²) in [5, 5.41) is 21.9. The number of carbonyl (C=O) groups excluding carboxylic acids is 3. The lowest BCUT2D eigenvalue weighted by atomic mass is 9.97. The van der Waals surface area contributed by atoms with Gasteiger partial charge in [-0.3, -0.25) is 9.59 Å². The van der Waals surface area contributed by atoms with Crippen LogP contribution in [0.15, 0.2) is 48.5 Å². The fourth-order valence-corrected chi connectivity index (χ4v) is 7.33. The van der Waals surface area contributed by atoms with Crippen molar-refractivity contribution >= 4 is 61.5 Å². The van der Waals surface area contributed by atoms with Crippen molar-refractivity contribution in [1.82, 2.24) is 24.7 Å². The molecule has 1 saturated heterocycles. The molecule has 5 heterocycles. The summed E-state index contributed by atoms with van der Waals surface area (Å²) in [6, 6.07) is 16.0. The van der Waals surface area contributed by atoms with Crippen LogP contribution < -0.4 is 10.6 Å². The smallest absolute Gasteiger partial charge is 0.407 e. The van der Waals surface area contributed by atoms with E-state index in [0.29, 0.717) is 38.0 Å². The third kappa shape index (κ3) is 3.64. The zero-order valence-electron chi connectivity index (χ0n) is 23.1. The summed E-state index contributed by atoms with van der Waals surface area (Å²) in [5.74, 6) is 0.0820. The first kappa shape index (κ1) is 25.2. The van der Waals surface area contributed by atoms with Gasteiger partial charge in [0, 0.05) is 65.2 Å². The molecule has 10 heteroatoms. The van der Waals surface area contributed by atoms with E-state index < -0.39 is 11.7 Å². The Hall–Kier alpha value is -4.57. The van der Waals surface area contributed by atoms with Crippen molar-refractivity contribution < 1.29 is 24.2 Å². The van der Waals surface area contributed by atoms with Gasteiger partial charge in [0.1, 0.15) is 12.2 Å². The van der Waals surface area contributed by atoms with Gasteiger partial charge < -0.3 is 34.5 Å². The van der Waals surface area contributed by atoms with Crippen LogP contribution >= 0.6 is 0 Å². The highest BCUT2D eigenvalue weighted by atomic mass is 16.6. The number of likely N-dealkylation sites (tertiary alicyclic amines) is 1. The number of benzene rings is 3. The SMILES string of the molecule is O=C(NCCCN1CCCC1=O)OCC1(O)Cn2c3ccccc3c3c4c(c5c6ccccc6n(c5c32)C1)C(=O)NC4. The first-order chi connectivity index (χ1) is 20.4. The molecule has 3 aliphatic heterocycles. The highest BCUT2D eigenvalue weighted by molar-refractivity contribution is 6.30. The molecule has 10 nitrogen and oxygen atoms in total. The number of amides is 3. The van der Waals surface area contributed by atoms with Gasteiger partial charge >= 0.3 is 6.09 Å². The number of aromatic nitrogens is 2. The minimum absolute atomic E-state index is 0.0831. The summed E-state index contributed by atoms with van der Waals surface area (Å²) in [5.41, 5.74) is 4.03. The summed E-state index contributed by atoms with van der Waals surface area (Å²) in [6.07, 6.45) is 1.52. The van der Waals surface area contributed by atoms with E-state index in [1.165, 1.54) is 0 Å². The predicted octanol–water partition coefficient (Wildman–Crippen LogP) is 3.63. The van der Waals surface area contributed by atoms with Crippen LogP contribution in [-0.2, 0) is 29.2 Å². The summed E-state index contributed by atoms with van der Waals surface area (Å²) >= 11 is 0. The number of hydrogen-bond acceptors (Lipinski definition) is 5. The highest BCUT2D eigenvalue weighted by Crippen LogP contribution is 2.46. The molecule has 42 heavy (non-hydrogen) atoms. The van der Waals surface area contributed by atoms with Gasteiger partial charge in [-0.2, -0.15) is 0 Å². The second kappa shape index (κ2) is 9.22. The predicted molar refractivity (Wildman–Crippen MR) is 158 cm³/mol. The Morgan fingerprint density at radius 1 is 0.976 bits per heavy atom. The van der Waals surface area contributed by atoms with Crippen molar-refractivity contribution in [2.75, 3.05) is 26.2 Å². The van der Waals surface area contributed by atoms with E-state index in [9.17, 15) is 19.5 Å². The molecule has 5 aromatic rings. The molecule has 1 fully saturated rings. The van der Waals surface area contributed by atoms with Gasteiger partial charge in [-0.15, -0.1) is 0 Å². The van der Waals surface area contributed by atoms with Gasteiger partial charge in [0.15, 0.2) is 0 Å². The Morgan fingerprint density at radius 3 is 2.33 bits per heavy atom. The number of para-hydroxylation sites is 2. The number of ether oxygens (including phenoxy) is 1. The lowest BCUT2D eigenvalue weighted by Gasteiger charge is -2.28. The molecule has 0 bridgehead atoms. The average molecular weight is 566 g/mol. The van der Waals surface area contributed by atoms with E-state index in [1.54, 1.807) is 0 Å². The van der Waals surface area contributed by atoms with E-state index in [-0.39, 0.29) is 31.5 Å². The highest BCUT2D eigenvalue weighted by Gasteiger charge is 2.39. The molecule has 0 radical (unpaired) electrons. The van der Waals surface area contributed by atoms with Crippen molar-refractivity contribution in [3.05, 3.63) is 59.7 Å². The van der Waals surface area contributed by atoms with Gasteiger partial charge in [0.2, 0.25) is 5.91 Å². The Balaban J connectivity index is 1.17. The molecule has 3 aliphatic rings. The molecule has 214 valence electrons. The molecule has 0 aliphatic carbocycles. The quantitative estimate of drug-likeness (QED) is 0.272. The molecular formula is C32H31N5O5. The monoisotopic (exact) mass is 565 g/mol. The first-order valence-electron chi connectivity index (χ1n) is 14.6. The number of nitrogens with zero attached hydrogens (tertiary/aromatic N) is 3. The molecule has 3 N–H and O–H groups in total. The van der Waals surface area contributed by atoms with Crippen LogP contribution in [0.1, 0.15) is 35.2 Å². The Kier molecular flexibility index (Phi) is 5.52. The Labute approximate surface area is 240 Å². The van der Waals surface area contributed by atoms with Crippen molar-refractivity contribution in [3.63, 3.8) is 0 Å². The van der Waals surface area contributed by atoms with Crippen molar-refractivity contribution in [1.29, 1.82) is 0 Å².